The molecule has 1 heterocycles. The molecule has 1 saturated heterocycles. The largest absolute Gasteiger partial charge is 0.465 e. The number of carbonyl (C=O) groups excluding carboxylic acids is 2. The van der Waals surface area contributed by atoms with Crippen molar-refractivity contribution in [2.75, 3.05) is 33.3 Å². The van der Waals surface area contributed by atoms with Crippen LogP contribution in [0.25, 0.3) is 0 Å². The summed E-state index contributed by atoms with van der Waals surface area (Å²) in [5.41, 5.74) is 2.49. The van der Waals surface area contributed by atoms with Crippen LogP contribution in [0.1, 0.15) is 55.7 Å². The van der Waals surface area contributed by atoms with Gasteiger partial charge in [-0.2, -0.15) is 0 Å². The van der Waals surface area contributed by atoms with Crippen LogP contribution in [0.4, 0.5) is 0 Å². The smallest absolute Gasteiger partial charge is 0.325 e. The second-order valence-electron chi connectivity index (χ2n) is 10.7. The van der Waals surface area contributed by atoms with Crippen molar-refractivity contribution in [1.29, 1.82) is 0 Å². The molecular weight excluding hydrogens is 404 g/mol. The first kappa shape index (κ1) is 21.9. The number of ether oxygens (including phenoxy) is 1. The van der Waals surface area contributed by atoms with E-state index in [9.17, 15) is 14.7 Å². The molecule has 6 heteroatoms. The van der Waals surface area contributed by atoms with Crippen molar-refractivity contribution in [2.24, 2.45) is 11.8 Å². The summed E-state index contributed by atoms with van der Waals surface area (Å²) in [5, 5.41) is 12.4. The molecule has 4 atom stereocenters. The average molecular weight is 441 g/mol. The predicted octanol–water partition coefficient (Wildman–Crippen LogP) is 2.44. The first-order valence-electron chi connectivity index (χ1n) is 12.2. The van der Waals surface area contributed by atoms with Crippen LogP contribution in [0.15, 0.2) is 18.2 Å². The summed E-state index contributed by atoms with van der Waals surface area (Å²) >= 11 is 0. The first-order chi connectivity index (χ1) is 15.3. The third kappa shape index (κ3) is 3.38. The molecule has 1 aliphatic heterocycles. The summed E-state index contributed by atoms with van der Waals surface area (Å²) in [7, 11) is 1.67. The number of likely N-dealkylation sites (N-methyl/N-ethyl adjacent to an activating group) is 1. The summed E-state index contributed by atoms with van der Waals surface area (Å²) in [5.74, 6) is 0.0455. The molecule has 2 bridgehead atoms. The molecule has 5 rings (SSSR count). The van der Waals surface area contributed by atoms with Crippen molar-refractivity contribution >= 4 is 11.9 Å². The molecule has 0 unspecified atom stereocenters. The number of hydrogen-bond acceptors (Lipinski definition) is 5. The molecule has 4 aliphatic rings. The van der Waals surface area contributed by atoms with Crippen molar-refractivity contribution < 1.29 is 19.4 Å². The Morgan fingerprint density at radius 1 is 1.28 bits per heavy atom. The lowest BCUT2D eigenvalue weighted by Crippen LogP contribution is -2.69. The second kappa shape index (κ2) is 7.84. The molecule has 174 valence electrons. The minimum atomic E-state index is -0.911. The van der Waals surface area contributed by atoms with Crippen LogP contribution in [0.3, 0.4) is 0 Å². The Kier molecular flexibility index (Phi) is 5.37. The number of aliphatic hydroxyl groups is 1. The van der Waals surface area contributed by atoms with Crippen molar-refractivity contribution in [3.8, 4) is 0 Å². The van der Waals surface area contributed by atoms with Crippen molar-refractivity contribution in [1.82, 2.24) is 9.80 Å². The zero-order valence-corrected chi connectivity index (χ0v) is 19.6. The van der Waals surface area contributed by atoms with E-state index < -0.39 is 5.60 Å². The molecule has 1 aromatic carbocycles. The van der Waals surface area contributed by atoms with Crippen LogP contribution < -0.4 is 0 Å². The van der Waals surface area contributed by atoms with Crippen molar-refractivity contribution in [3.63, 3.8) is 0 Å². The third-order valence-electron chi connectivity index (χ3n) is 8.58. The van der Waals surface area contributed by atoms with Crippen LogP contribution in [0.5, 0.6) is 0 Å². The molecule has 0 radical (unpaired) electrons. The predicted molar refractivity (Wildman–Crippen MR) is 121 cm³/mol. The fraction of sp³-hybridized carbons (Fsp3) is 0.692. The highest BCUT2D eigenvalue weighted by molar-refractivity contribution is 5.84. The molecule has 3 fully saturated rings. The molecule has 0 spiro atoms. The SMILES string of the molecule is CCOC(=O)CN(C)C(=O)[C@@H]1C[C@]23CCN(CC4CC4)[C@H](Cc4ccc(C)cc42)[C@]3(O)C1. The van der Waals surface area contributed by atoms with Gasteiger partial charge in [0.05, 0.1) is 12.2 Å². The number of fused-ring (bicyclic) bond motifs is 1. The minimum Gasteiger partial charge on any atom is -0.465 e. The number of nitrogens with zero attached hydrogens (tertiary/aromatic N) is 2. The Morgan fingerprint density at radius 3 is 2.78 bits per heavy atom. The van der Waals surface area contributed by atoms with Crippen LogP contribution in [0.2, 0.25) is 0 Å². The molecule has 32 heavy (non-hydrogen) atoms. The first-order valence-corrected chi connectivity index (χ1v) is 12.2. The number of aryl methyl sites for hydroxylation is 1. The fourth-order valence-electron chi connectivity index (χ4n) is 6.92. The van der Waals surface area contributed by atoms with Gasteiger partial charge in [-0.1, -0.05) is 23.8 Å². The van der Waals surface area contributed by atoms with Crippen LogP contribution in [-0.4, -0.2) is 71.7 Å². The Hall–Kier alpha value is -1.92. The molecule has 1 N–H and O–H groups in total. The number of carbonyl (C=O) groups is 2. The Labute approximate surface area is 190 Å². The number of likely N-dealkylation sites (tertiary alicyclic amines) is 1. The zero-order chi connectivity index (χ0) is 22.7. The van der Waals surface area contributed by atoms with E-state index in [1.165, 1.54) is 34.4 Å². The highest BCUT2D eigenvalue weighted by atomic mass is 16.5. The summed E-state index contributed by atoms with van der Waals surface area (Å²) in [6.07, 6.45) is 5.44. The minimum absolute atomic E-state index is 0.0401. The fourth-order valence-corrected chi connectivity index (χ4v) is 6.92. The zero-order valence-electron chi connectivity index (χ0n) is 19.6. The van der Waals surface area contributed by atoms with Crippen molar-refractivity contribution in [3.05, 3.63) is 34.9 Å². The maximum Gasteiger partial charge on any atom is 0.325 e. The van der Waals surface area contributed by atoms with Gasteiger partial charge in [-0.3, -0.25) is 14.5 Å². The van der Waals surface area contributed by atoms with Gasteiger partial charge in [0.15, 0.2) is 0 Å². The van der Waals surface area contributed by atoms with E-state index in [4.69, 9.17) is 4.74 Å². The number of esters is 1. The lowest BCUT2D eigenvalue weighted by atomic mass is 9.56. The van der Waals surface area contributed by atoms with Gasteiger partial charge in [-0.25, -0.2) is 0 Å². The lowest BCUT2D eigenvalue weighted by molar-refractivity contribution is -0.149. The van der Waals surface area contributed by atoms with E-state index in [1.54, 1.807) is 14.0 Å². The van der Waals surface area contributed by atoms with Gasteiger partial charge in [0.25, 0.3) is 0 Å². The Balaban J connectivity index is 1.47. The topological polar surface area (TPSA) is 70.1 Å². The number of hydrogen-bond donors (Lipinski definition) is 1. The molecule has 2 saturated carbocycles. The quantitative estimate of drug-likeness (QED) is 0.688. The number of rotatable bonds is 6. The summed E-state index contributed by atoms with van der Waals surface area (Å²) in [4.78, 5) is 29.4. The van der Waals surface area contributed by atoms with E-state index in [0.717, 1.165) is 31.8 Å². The van der Waals surface area contributed by atoms with Gasteiger partial charge in [-0.15, -0.1) is 0 Å². The van der Waals surface area contributed by atoms with E-state index in [2.05, 4.69) is 30.0 Å². The van der Waals surface area contributed by atoms with E-state index in [-0.39, 0.29) is 35.8 Å². The molecule has 0 aromatic heterocycles. The van der Waals surface area contributed by atoms with Crippen LogP contribution >= 0.6 is 0 Å². The highest BCUT2D eigenvalue weighted by Gasteiger charge is 2.68. The third-order valence-corrected chi connectivity index (χ3v) is 8.58. The maximum absolute atomic E-state index is 13.4. The normalized spacial score (nSPS) is 33.4. The van der Waals surface area contributed by atoms with Gasteiger partial charge in [0, 0.05) is 31.0 Å². The lowest BCUT2D eigenvalue weighted by Gasteiger charge is -2.59. The number of benzene rings is 1. The van der Waals surface area contributed by atoms with Gasteiger partial charge >= 0.3 is 5.97 Å². The number of piperidine rings is 1. The molecule has 6 nitrogen and oxygen atoms in total. The molecule has 1 aromatic rings. The van der Waals surface area contributed by atoms with E-state index >= 15 is 0 Å². The summed E-state index contributed by atoms with van der Waals surface area (Å²) in [6, 6.07) is 6.72. The van der Waals surface area contributed by atoms with E-state index in [1.807, 2.05) is 0 Å². The van der Waals surface area contributed by atoms with Gasteiger partial charge < -0.3 is 14.7 Å². The second-order valence-corrected chi connectivity index (χ2v) is 10.7. The summed E-state index contributed by atoms with van der Waals surface area (Å²) in [6.45, 7) is 6.18. The monoisotopic (exact) mass is 440 g/mol. The molecule has 3 aliphatic carbocycles. The van der Waals surface area contributed by atoms with Gasteiger partial charge in [0.2, 0.25) is 5.91 Å². The van der Waals surface area contributed by atoms with Crippen LogP contribution in [0, 0.1) is 18.8 Å². The van der Waals surface area contributed by atoms with Crippen LogP contribution in [-0.2, 0) is 26.2 Å². The Bertz CT molecular complexity index is 928. The van der Waals surface area contributed by atoms with Gasteiger partial charge in [-0.05, 0) is 76.0 Å². The van der Waals surface area contributed by atoms with Gasteiger partial charge in [0.1, 0.15) is 6.54 Å². The van der Waals surface area contributed by atoms with E-state index in [0.29, 0.717) is 19.4 Å². The standard InChI is InChI=1S/C26H36N2O4/c1-4-32-23(29)16-27(3)24(30)20-13-25-9-10-28(15-18-6-7-18)22(26(25,31)14-20)12-19-8-5-17(2)11-21(19)25/h5,8,11,18,20,22,31H,4,6-7,9-10,12-16H2,1-3H3/t20-,22-,25-,26-/m1/s1. The number of amides is 1. The molecule has 1 amide bonds. The highest BCUT2D eigenvalue weighted by Crippen LogP contribution is 2.61. The summed E-state index contributed by atoms with van der Waals surface area (Å²) < 4.78 is 5.04. The maximum atomic E-state index is 13.4. The molecular formula is C26H36N2O4. The van der Waals surface area contributed by atoms with Crippen molar-refractivity contribution in [2.45, 2.75) is 69.4 Å². The Morgan fingerprint density at radius 2 is 2.06 bits per heavy atom. The average Bonchev–Trinajstić information content (AvgIpc) is 3.49.